The van der Waals surface area contributed by atoms with E-state index in [4.69, 9.17) is 5.73 Å². The summed E-state index contributed by atoms with van der Waals surface area (Å²) in [6.07, 6.45) is 1.79. The minimum Gasteiger partial charge on any atom is -0.394 e. The lowest BCUT2D eigenvalue weighted by molar-refractivity contribution is 0.768. The number of rotatable bonds is 3. The highest BCUT2D eigenvalue weighted by Crippen LogP contribution is 2.19. The zero-order valence-corrected chi connectivity index (χ0v) is 9.64. The van der Waals surface area contributed by atoms with E-state index in [9.17, 15) is 0 Å². The van der Waals surface area contributed by atoms with Crippen molar-refractivity contribution in [1.82, 2.24) is 9.78 Å². The standard InChI is InChI=1S/C10H14N4S/c1-7-3-4-8(15-7)5-12-10-9(11)6-14(2)13-10/h3-4,6H,5,11H2,1-2H3,(H,12,13). The average molecular weight is 222 g/mol. The number of thiophene rings is 1. The fourth-order valence-electron chi connectivity index (χ4n) is 1.40. The van der Waals surface area contributed by atoms with Gasteiger partial charge < -0.3 is 11.1 Å². The molecule has 2 aromatic heterocycles. The smallest absolute Gasteiger partial charge is 0.171 e. The first-order valence-corrected chi connectivity index (χ1v) is 5.55. The first kappa shape index (κ1) is 10.0. The lowest BCUT2D eigenvalue weighted by atomic mass is 10.4. The number of nitrogens with two attached hydrogens (primary N) is 1. The number of hydrogen-bond acceptors (Lipinski definition) is 4. The molecule has 0 aromatic carbocycles. The zero-order valence-electron chi connectivity index (χ0n) is 8.82. The van der Waals surface area contributed by atoms with Gasteiger partial charge in [0, 0.05) is 23.0 Å². The van der Waals surface area contributed by atoms with Gasteiger partial charge in [0.25, 0.3) is 0 Å². The lowest BCUT2D eigenvalue weighted by Crippen LogP contribution is -2.00. The largest absolute Gasteiger partial charge is 0.394 e. The van der Waals surface area contributed by atoms with Crippen LogP contribution in [-0.4, -0.2) is 9.78 Å². The van der Waals surface area contributed by atoms with Crippen molar-refractivity contribution in [3.63, 3.8) is 0 Å². The Kier molecular flexibility index (Phi) is 2.64. The fourth-order valence-corrected chi connectivity index (χ4v) is 2.23. The van der Waals surface area contributed by atoms with Crippen LogP contribution in [0.25, 0.3) is 0 Å². The fraction of sp³-hybridized carbons (Fsp3) is 0.300. The summed E-state index contributed by atoms with van der Waals surface area (Å²) >= 11 is 1.78. The van der Waals surface area contributed by atoms with Gasteiger partial charge in [-0.15, -0.1) is 11.3 Å². The Hall–Kier alpha value is -1.49. The van der Waals surface area contributed by atoms with E-state index in [2.05, 4.69) is 29.5 Å². The molecule has 0 atom stereocenters. The minimum atomic E-state index is 0.686. The Morgan fingerprint density at radius 1 is 1.53 bits per heavy atom. The number of aromatic nitrogens is 2. The van der Waals surface area contributed by atoms with Gasteiger partial charge in [0.1, 0.15) is 0 Å². The topological polar surface area (TPSA) is 55.9 Å². The molecule has 0 amide bonds. The van der Waals surface area contributed by atoms with E-state index < -0.39 is 0 Å². The van der Waals surface area contributed by atoms with Crippen molar-refractivity contribution in [2.75, 3.05) is 11.1 Å². The highest BCUT2D eigenvalue weighted by molar-refractivity contribution is 7.11. The summed E-state index contributed by atoms with van der Waals surface area (Å²) in [7, 11) is 1.86. The van der Waals surface area contributed by atoms with Crippen molar-refractivity contribution in [3.8, 4) is 0 Å². The molecule has 0 unspecified atom stereocenters. The van der Waals surface area contributed by atoms with Crippen molar-refractivity contribution < 1.29 is 0 Å². The van der Waals surface area contributed by atoms with Gasteiger partial charge in [0.15, 0.2) is 5.82 Å². The van der Waals surface area contributed by atoms with Gasteiger partial charge in [-0.2, -0.15) is 5.10 Å². The van der Waals surface area contributed by atoms with Crippen LogP contribution in [-0.2, 0) is 13.6 Å². The van der Waals surface area contributed by atoms with Crippen LogP contribution in [0.5, 0.6) is 0 Å². The van der Waals surface area contributed by atoms with Gasteiger partial charge in [-0.25, -0.2) is 0 Å². The third-order valence-electron chi connectivity index (χ3n) is 2.08. The Morgan fingerprint density at radius 2 is 2.33 bits per heavy atom. The molecule has 0 radical (unpaired) electrons. The van der Waals surface area contributed by atoms with Crippen molar-refractivity contribution in [2.45, 2.75) is 13.5 Å². The summed E-state index contributed by atoms with van der Waals surface area (Å²) in [6, 6.07) is 4.23. The first-order chi connectivity index (χ1) is 7.15. The van der Waals surface area contributed by atoms with E-state index in [1.807, 2.05) is 7.05 Å². The molecule has 0 fully saturated rings. The summed E-state index contributed by atoms with van der Waals surface area (Å²) < 4.78 is 1.71. The SMILES string of the molecule is Cc1ccc(CNc2nn(C)cc2N)s1. The number of hydrogen-bond donors (Lipinski definition) is 2. The predicted molar refractivity (Wildman–Crippen MR) is 64.0 cm³/mol. The predicted octanol–water partition coefficient (Wildman–Crippen LogP) is 1.98. The van der Waals surface area contributed by atoms with Crippen LogP contribution >= 0.6 is 11.3 Å². The monoisotopic (exact) mass is 222 g/mol. The third-order valence-corrected chi connectivity index (χ3v) is 3.08. The summed E-state index contributed by atoms with van der Waals surface area (Å²) in [5, 5.41) is 7.43. The summed E-state index contributed by atoms with van der Waals surface area (Å²) in [5.41, 5.74) is 6.45. The van der Waals surface area contributed by atoms with Crippen LogP contribution in [0.4, 0.5) is 11.5 Å². The second-order valence-corrected chi connectivity index (χ2v) is 4.85. The van der Waals surface area contributed by atoms with Crippen LogP contribution in [0, 0.1) is 6.92 Å². The molecule has 0 aliphatic rings. The van der Waals surface area contributed by atoms with Gasteiger partial charge in [-0.1, -0.05) is 0 Å². The molecule has 2 rings (SSSR count). The third kappa shape index (κ3) is 2.30. The van der Waals surface area contributed by atoms with E-state index in [1.165, 1.54) is 9.75 Å². The first-order valence-electron chi connectivity index (χ1n) is 4.73. The number of nitrogens with zero attached hydrogens (tertiary/aromatic N) is 2. The molecular weight excluding hydrogens is 208 g/mol. The average Bonchev–Trinajstić information content (AvgIpc) is 2.70. The highest BCUT2D eigenvalue weighted by Gasteiger charge is 2.03. The molecule has 0 aliphatic heterocycles. The second kappa shape index (κ2) is 3.94. The molecule has 0 saturated heterocycles. The number of nitrogen functional groups attached to an aromatic ring is 1. The van der Waals surface area contributed by atoms with Gasteiger partial charge in [0.05, 0.1) is 12.2 Å². The van der Waals surface area contributed by atoms with Crippen molar-refractivity contribution >= 4 is 22.8 Å². The Balaban J connectivity index is 2.01. The number of anilines is 2. The van der Waals surface area contributed by atoms with E-state index in [0.29, 0.717) is 5.69 Å². The van der Waals surface area contributed by atoms with Crippen LogP contribution < -0.4 is 11.1 Å². The Morgan fingerprint density at radius 3 is 2.87 bits per heavy atom. The Bertz CT molecular complexity index is 458. The molecule has 4 nitrogen and oxygen atoms in total. The molecule has 2 aromatic rings. The van der Waals surface area contributed by atoms with Crippen LogP contribution in [0.1, 0.15) is 9.75 Å². The van der Waals surface area contributed by atoms with Crippen LogP contribution in [0.2, 0.25) is 0 Å². The molecule has 2 heterocycles. The van der Waals surface area contributed by atoms with Gasteiger partial charge in [0.2, 0.25) is 0 Å². The number of nitrogens with one attached hydrogen (secondary N) is 1. The quantitative estimate of drug-likeness (QED) is 0.835. The van der Waals surface area contributed by atoms with E-state index in [-0.39, 0.29) is 0 Å². The summed E-state index contributed by atoms with van der Waals surface area (Å²) in [6.45, 7) is 2.88. The molecule has 0 aliphatic carbocycles. The normalized spacial score (nSPS) is 10.5. The van der Waals surface area contributed by atoms with Crippen LogP contribution in [0.3, 0.4) is 0 Å². The molecule has 0 spiro atoms. The summed E-state index contributed by atoms with van der Waals surface area (Å²) in [5.74, 6) is 0.753. The van der Waals surface area contributed by atoms with Crippen molar-refractivity contribution in [1.29, 1.82) is 0 Å². The van der Waals surface area contributed by atoms with Crippen molar-refractivity contribution in [2.24, 2.45) is 7.05 Å². The zero-order chi connectivity index (χ0) is 10.8. The molecule has 5 heteroatoms. The van der Waals surface area contributed by atoms with E-state index in [0.717, 1.165) is 12.4 Å². The maximum atomic E-state index is 5.77. The molecule has 0 bridgehead atoms. The van der Waals surface area contributed by atoms with E-state index >= 15 is 0 Å². The molecular formula is C10H14N4S. The maximum Gasteiger partial charge on any atom is 0.171 e. The molecule has 80 valence electrons. The van der Waals surface area contributed by atoms with Gasteiger partial charge in [-0.05, 0) is 19.1 Å². The lowest BCUT2D eigenvalue weighted by Gasteiger charge is -2.00. The van der Waals surface area contributed by atoms with Gasteiger partial charge >= 0.3 is 0 Å². The van der Waals surface area contributed by atoms with Gasteiger partial charge in [-0.3, -0.25) is 4.68 Å². The highest BCUT2D eigenvalue weighted by atomic mass is 32.1. The van der Waals surface area contributed by atoms with Crippen LogP contribution in [0.15, 0.2) is 18.3 Å². The van der Waals surface area contributed by atoms with Crippen molar-refractivity contribution in [3.05, 3.63) is 28.1 Å². The summed E-state index contributed by atoms with van der Waals surface area (Å²) in [4.78, 5) is 2.61. The minimum absolute atomic E-state index is 0.686. The maximum absolute atomic E-state index is 5.77. The number of aryl methyl sites for hydroxylation is 2. The Labute approximate surface area is 92.7 Å². The molecule has 0 saturated carbocycles. The molecule has 15 heavy (non-hydrogen) atoms. The van der Waals surface area contributed by atoms with E-state index in [1.54, 1.807) is 22.2 Å². The second-order valence-electron chi connectivity index (χ2n) is 3.47. The molecule has 3 N–H and O–H groups in total.